The maximum atomic E-state index is 12.5. The Morgan fingerprint density at radius 2 is 1.19 bits per heavy atom. The van der Waals surface area contributed by atoms with E-state index in [1.54, 1.807) is 6.08 Å². The number of hydrogen-bond acceptors (Lipinski definition) is 8. The van der Waals surface area contributed by atoms with Crippen molar-refractivity contribution in [2.75, 3.05) is 13.2 Å². The Morgan fingerprint density at radius 1 is 0.688 bits per heavy atom. The van der Waals surface area contributed by atoms with Crippen LogP contribution in [0, 0.1) is 0 Å². The van der Waals surface area contributed by atoms with Gasteiger partial charge in [-0.05, 0) is 32.1 Å². The van der Waals surface area contributed by atoms with Gasteiger partial charge < -0.3 is 40.3 Å². The van der Waals surface area contributed by atoms with Crippen LogP contribution in [-0.2, 0) is 14.3 Å². The fraction of sp³-hybridized carbons (Fsp3) is 0.872. The van der Waals surface area contributed by atoms with E-state index in [1.807, 2.05) is 6.08 Å². The van der Waals surface area contributed by atoms with Gasteiger partial charge in [-0.25, -0.2) is 0 Å². The van der Waals surface area contributed by atoms with Gasteiger partial charge in [-0.3, -0.25) is 4.79 Å². The van der Waals surface area contributed by atoms with Crippen molar-refractivity contribution in [1.29, 1.82) is 0 Å². The zero-order chi connectivity index (χ0) is 35.2. The van der Waals surface area contributed by atoms with Crippen molar-refractivity contribution in [1.82, 2.24) is 5.32 Å². The van der Waals surface area contributed by atoms with Gasteiger partial charge in [0.25, 0.3) is 0 Å². The van der Waals surface area contributed by atoms with Gasteiger partial charge in [0.1, 0.15) is 24.4 Å². The summed E-state index contributed by atoms with van der Waals surface area (Å²) in [5, 5.41) is 53.4. The molecule has 48 heavy (non-hydrogen) atoms. The Labute approximate surface area is 292 Å². The van der Waals surface area contributed by atoms with Crippen molar-refractivity contribution in [2.45, 2.75) is 204 Å². The number of carbonyl (C=O) groups excluding carboxylic acids is 1. The zero-order valence-electron chi connectivity index (χ0n) is 30.5. The Kier molecular flexibility index (Phi) is 28.4. The van der Waals surface area contributed by atoms with Gasteiger partial charge >= 0.3 is 0 Å². The normalized spacial score (nSPS) is 22.9. The van der Waals surface area contributed by atoms with Gasteiger partial charge in [0.15, 0.2) is 6.29 Å². The van der Waals surface area contributed by atoms with Crippen LogP contribution in [0.15, 0.2) is 24.3 Å². The summed E-state index contributed by atoms with van der Waals surface area (Å²) in [6, 6.07) is -0.812. The molecule has 1 amide bonds. The molecule has 0 aromatic carbocycles. The largest absolute Gasteiger partial charge is 0.394 e. The summed E-state index contributed by atoms with van der Waals surface area (Å²) in [5.41, 5.74) is 0. The molecule has 1 saturated heterocycles. The highest BCUT2D eigenvalue weighted by atomic mass is 16.7. The maximum absolute atomic E-state index is 12.5. The quantitative estimate of drug-likeness (QED) is 0.0346. The van der Waals surface area contributed by atoms with E-state index >= 15 is 0 Å². The van der Waals surface area contributed by atoms with Crippen molar-refractivity contribution >= 4 is 5.91 Å². The molecule has 0 aromatic heterocycles. The lowest BCUT2D eigenvalue weighted by molar-refractivity contribution is -0.302. The van der Waals surface area contributed by atoms with E-state index in [-0.39, 0.29) is 12.5 Å². The highest BCUT2D eigenvalue weighted by Gasteiger charge is 2.44. The predicted molar refractivity (Wildman–Crippen MR) is 193 cm³/mol. The standard InChI is InChI=1S/C39H73NO8/c1-3-5-7-8-9-10-11-12-13-14-15-16-17-18-19-20-21-22-23-24-25-27-28-33(42)32(40-35(43)29-26-6-4-2)31-47-39-38(46)37(45)36(44)34(30-41)48-39/h22-23,27-28,32-34,36-39,41-42,44-46H,3-21,24-26,29-31H2,1-2H3,(H,40,43)/b23-22+,28-27+. The third kappa shape index (κ3) is 21.7. The van der Waals surface area contributed by atoms with E-state index in [9.17, 15) is 30.3 Å². The third-order valence-corrected chi connectivity index (χ3v) is 9.28. The van der Waals surface area contributed by atoms with Gasteiger partial charge in [0.2, 0.25) is 5.91 Å². The van der Waals surface area contributed by atoms with E-state index in [0.29, 0.717) is 6.42 Å². The van der Waals surface area contributed by atoms with Crippen LogP contribution < -0.4 is 5.32 Å². The molecular formula is C39H73NO8. The minimum absolute atomic E-state index is 0.201. The van der Waals surface area contributed by atoms with Gasteiger partial charge in [-0.15, -0.1) is 0 Å². The van der Waals surface area contributed by atoms with Crippen LogP contribution in [-0.4, -0.2) is 87.5 Å². The fourth-order valence-electron chi connectivity index (χ4n) is 6.05. The van der Waals surface area contributed by atoms with Crippen LogP contribution in [0.2, 0.25) is 0 Å². The van der Waals surface area contributed by atoms with Crippen LogP contribution in [0.4, 0.5) is 0 Å². The van der Waals surface area contributed by atoms with E-state index in [4.69, 9.17) is 9.47 Å². The first-order valence-corrected chi connectivity index (χ1v) is 19.6. The molecule has 0 bridgehead atoms. The topological polar surface area (TPSA) is 149 Å². The first-order chi connectivity index (χ1) is 23.3. The molecule has 282 valence electrons. The molecule has 0 aliphatic carbocycles. The summed E-state index contributed by atoms with van der Waals surface area (Å²) in [6.45, 7) is 3.56. The van der Waals surface area contributed by atoms with E-state index < -0.39 is 49.5 Å². The summed E-state index contributed by atoms with van der Waals surface area (Å²) in [6.07, 6.45) is 27.5. The molecular weight excluding hydrogens is 610 g/mol. The third-order valence-electron chi connectivity index (χ3n) is 9.28. The zero-order valence-corrected chi connectivity index (χ0v) is 30.5. The molecule has 7 atom stereocenters. The molecule has 9 heteroatoms. The SMILES string of the molecule is CCCCCCCCCCCCCCCCCC/C=C/CC/C=C/C(O)C(COC1OC(CO)C(O)C(O)C1O)NC(=O)CCCCC. The van der Waals surface area contributed by atoms with Crippen molar-refractivity contribution in [3.05, 3.63) is 24.3 Å². The number of aliphatic hydroxyl groups excluding tert-OH is 5. The highest BCUT2D eigenvalue weighted by Crippen LogP contribution is 2.22. The minimum atomic E-state index is -1.56. The molecule has 0 aromatic rings. The molecule has 9 nitrogen and oxygen atoms in total. The Morgan fingerprint density at radius 3 is 1.75 bits per heavy atom. The van der Waals surface area contributed by atoms with Crippen LogP contribution in [0.3, 0.4) is 0 Å². The van der Waals surface area contributed by atoms with Crippen molar-refractivity contribution in [3.63, 3.8) is 0 Å². The number of carbonyl (C=O) groups is 1. The second kappa shape index (κ2) is 30.5. The van der Waals surface area contributed by atoms with Crippen molar-refractivity contribution in [3.8, 4) is 0 Å². The highest BCUT2D eigenvalue weighted by molar-refractivity contribution is 5.76. The number of rotatable bonds is 31. The molecule has 1 rings (SSSR count). The lowest BCUT2D eigenvalue weighted by Gasteiger charge is -2.40. The van der Waals surface area contributed by atoms with Gasteiger partial charge in [-0.1, -0.05) is 147 Å². The lowest BCUT2D eigenvalue weighted by atomic mass is 9.99. The van der Waals surface area contributed by atoms with Gasteiger partial charge in [0.05, 0.1) is 25.4 Å². The first-order valence-electron chi connectivity index (χ1n) is 19.6. The summed E-state index contributed by atoms with van der Waals surface area (Å²) in [4.78, 5) is 12.5. The van der Waals surface area contributed by atoms with Crippen LogP contribution in [0.25, 0.3) is 0 Å². The lowest BCUT2D eigenvalue weighted by Crippen LogP contribution is -2.60. The summed E-state index contributed by atoms with van der Waals surface area (Å²) in [5.74, 6) is -0.213. The van der Waals surface area contributed by atoms with Crippen LogP contribution in [0.5, 0.6) is 0 Å². The smallest absolute Gasteiger partial charge is 0.220 e. The molecule has 1 heterocycles. The molecule has 0 saturated carbocycles. The molecule has 0 spiro atoms. The van der Waals surface area contributed by atoms with E-state index in [2.05, 4.69) is 31.3 Å². The Bertz CT molecular complexity index is 807. The number of unbranched alkanes of at least 4 members (excludes halogenated alkanes) is 19. The molecule has 6 N–H and O–H groups in total. The molecule has 1 aliphatic rings. The average Bonchev–Trinajstić information content (AvgIpc) is 3.08. The maximum Gasteiger partial charge on any atom is 0.220 e. The number of hydrogen-bond donors (Lipinski definition) is 6. The number of allylic oxidation sites excluding steroid dienone is 3. The number of amides is 1. The Balaban J connectivity index is 2.24. The van der Waals surface area contributed by atoms with Crippen molar-refractivity contribution in [2.24, 2.45) is 0 Å². The minimum Gasteiger partial charge on any atom is -0.394 e. The monoisotopic (exact) mass is 684 g/mol. The second-order valence-electron chi connectivity index (χ2n) is 13.7. The molecule has 7 unspecified atom stereocenters. The first kappa shape index (κ1) is 44.7. The molecule has 1 aliphatic heterocycles. The number of aliphatic hydroxyl groups is 5. The van der Waals surface area contributed by atoms with Crippen molar-refractivity contribution < 1.29 is 39.8 Å². The van der Waals surface area contributed by atoms with E-state index in [0.717, 1.165) is 38.5 Å². The average molecular weight is 684 g/mol. The molecule has 0 radical (unpaired) electrons. The summed E-state index contributed by atoms with van der Waals surface area (Å²) in [7, 11) is 0. The van der Waals surface area contributed by atoms with Gasteiger partial charge in [-0.2, -0.15) is 0 Å². The summed E-state index contributed by atoms with van der Waals surface area (Å²) >= 11 is 0. The van der Waals surface area contributed by atoms with Crippen LogP contribution >= 0.6 is 0 Å². The van der Waals surface area contributed by atoms with Gasteiger partial charge in [0, 0.05) is 6.42 Å². The molecule has 1 fully saturated rings. The Hall–Kier alpha value is -1.33. The number of ether oxygens (including phenoxy) is 2. The predicted octanol–water partition coefficient (Wildman–Crippen LogP) is 6.77. The van der Waals surface area contributed by atoms with E-state index in [1.165, 1.54) is 103 Å². The second-order valence-corrected chi connectivity index (χ2v) is 13.7. The number of nitrogens with one attached hydrogen (secondary N) is 1. The van der Waals surface area contributed by atoms with Crippen LogP contribution in [0.1, 0.15) is 162 Å². The fourth-order valence-corrected chi connectivity index (χ4v) is 6.05. The summed E-state index contributed by atoms with van der Waals surface area (Å²) < 4.78 is 11.0.